The van der Waals surface area contributed by atoms with E-state index >= 15 is 0 Å². The quantitative estimate of drug-likeness (QED) is 0.325. The molecule has 0 spiro atoms. The van der Waals surface area contributed by atoms with Crippen molar-refractivity contribution in [2.24, 2.45) is 11.7 Å². The zero-order chi connectivity index (χ0) is 6.78. The minimum atomic E-state index is -2.62. The van der Waals surface area contributed by atoms with E-state index in [4.69, 9.17) is 21.1 Å². The van der Waals surface area contributed by atoms with Gasteiger partial charge < -0.3 is 21.1 Å². The number of rotatable bonds is 2. The highest BCUT2D eigenvalue weighted by Crippen LogP contribution is 2.06. The Morgan fingerprint density at radius 3 is 1.88 bits per heavy atom. The predicted octanol–water partition coefficient (Wildman–Crippen LogP) is -1.79. The molecule has 0 saturated heterocycles. The number of hydrogen-bond acceptors (Lipinski definition) is 4. The molecule has 1 unspecified atom stereocenters. The summed E-state index contributed by atoms with van der Waals surface area (Å²) in [4.78, 5) is 0. The van der Waals surface area contributed by atoms with Crippen molar-refractivity contribution in [3.8, 4) is 0 Å². The van der Waals surface area contributed by atoms with Crippen LogP contribution in [0.2, 0.25) is 0 Å². The monoisotopic (exact) mass is 121 g/mol. The molecule has 5 N–H and O–H groups in total. The summed E-state index contributed by atoms with van der Waals surface area (Å²) in [5, 5.41) is 25.0. The molecule has 0 saturated carbocycles. The lowest BCUT2D eigenvalue weighted by atomic mass is 10.1. The van der Waals surface area contributed by atoms with E-state index in [1.165, 1.54) is 6.92 Å². The van der Waals surface area contributed by atoms with Gasteiger partial charge in [-0.15, -0.1) is 0 Å². The number of nitrogens with two attached hydrogens (primary N) is 1. The van der Waals surface area contributed by atoms with E-state index in [9.17, 15) is 0 Å². The molecule has 50 valence electrons. The maximum atomic E-state index is 8.32. The summed E-state index contributed by atoms with van der Waals surface area (Å²) in [5.74, 6) is -3.32. The standard InChI is InChI=1S/C4H11NO3/c1-3(2-5)4(6,7)8/h3,6-8H,2,5H2,1H3. The van der Waals surface area contributed by atoms with Crippen molar-refractivity contribution in [1.29, 1.82) is 0 Å². The highest BCUT2D eigenvalue weighted by atomic mass is 16.7. The Hall–Kier alpha value is -0.160. The maximum Gasteiger partial charge on any atom is 0.279 e. The van der Waals surface area contributed by atoms with Gasteiger partial charge in [-0.25, -0.2) is 0 Å². The predicted molar refractivity (Wildman–Crippen MR) is 27.6 cm³/mol. The highest BCUT2D eigenvalue weighted by Gasteiger charge is 2.25. The highest BCUT2D eigenvalue weighted by molar-refractivity contribution is 4.58. The van der Waals surface area contributed by atoms with Crippen molar-refractivity contribution in [3.05, 3.63) is 0 Å². The fourth-order valence-electron chi connectivity index (χ4n) is 0.158. The minimum absolute atomic E-state index is 0.0451. The van der Waals surface area contributed by atoms with E-state index < -0.39 is 11.9 Å². The molecule has 0 aliphatic heterocycles. The van der Waals surface area contributed by atoms with Gasteiger partial charge in [0.05, 0.1) is 0 Å². The van der Waals surface area contributed by atoms with Crippen molar-refractivity contribution >= 4 is 0 Å². The molecule has 0 aliphatic rings. The molecule has 0 aromatic rings. The minimum Gasteiger partial charge on any atom is -0.343 e. The van der Waals surface area contributed by atoms with Crippen LogP contribution >= 0.6 is 0 Å². The van der Waals surface area contributed by atoms with Gasteiger partial charge in [0, 0.05) is 12.5 Å². The van der Waals surface area contributed by atoms with Crippen molar-refractivity contribution in [1.82, 2.24) is 0 Å². The Morgan fingerprint density at radius 2 is 1.88 bits per heavy atom. The second kappa shape index (κ2) is 2.41. The van der Waals surface area contributed by atoms with Gasteiger partial charge in [-0.2, -0.15) is 0 Å². The third-order valence-corrected chi connectivity index (χ3v) is 1.01. The van der Waals surface area contributed by atoms with Gasteiger partial charge in [-0.1, -0.05) is 6.92 Å². The van der Waals surface area contributed by atoms with Crippen molar-refractivity contribution in [2.75, 3.05) is 6.54 Å². The molecule has 0 aromatic carbocycles. The molecular weight excluding hydrogens is 110 g/mol. The Kier molecular flexibility index (Phi) is 2.36. The van der Waals surface area contributed by atoms with Gasteiger partial charge >= 0.3 is 0 Å². The van der Waals surface area contributed by atoms with Gasteiger partial charge in [0.2, 0.25) is 0 Å². The summed E-state index contributed by atoms with van der Waals surface area (Å²) in [6.45, 7) is 1.48. The molecule has 0 fully saturated rings. The zero-order valence-electron chi connectivity index (χ0n) is 4.70. The van der Waals surface area contributed by atoms with E-state index in [0.29, 0.717) is 0 Å². The molecule has 0 amide bonds. The first-order valence-corrected chi connectivity index (χ1v) is 2.35. The topological polar surface area (TPSA) is 86.7 Å². The molecule has 0 aliphatic carbocycles. The summed E-state index contributed by atoms with van der Waals surface area (Å²) in [6.07, 6.45) is 0. The first-order chi connectivity index (χ1) is 3.48. The van der Waals surface area contributed by atoms with E-state index in [0.717, 1.165) is 0 Å². The van der Waals surface area contributed by atoms with Crippen LogP contribution in [0, 0.1) is 5.92 Å². The van der Waals surface area contributed by atoms with Crippen LogP contribution in [0.1, 0.15) is 6.92 Å². The molecule has 4 nitrogen and oxygen atoms in total. The van der Waals surface area contributed by atoms with E-state index in [1.54, 1.807) is 0 Å². The summed E-state index contributed by atoms with van der Waals surface area (Å²) in [5.41, 5.74) is 4.98. The average molecular weight is 121 g/mol. The molecule has 1 atom stereocenters. The second-order valence-corrected chi connectivity index (χ2v) is 1.82. The fourth-order valence-corrected chi connectivity index (χ4v) is 0.158. The van der Waals surface area contributed by atoms with Gasteiger partial charge in [0.1, 0.15) is 0 Å². The molecule has 8 heavy (non-hydrogen) atoms. The number of hydrogen-bond donors (Lipinski definition) is 4. The molecule has 4 heteroatoms. The largest absolute Gasteiger partial charge is 0.343 e. The van der Waals surface area contributed by atoms with Gasteiger partial charge in [0.25, 0.3) is 5.97 Å². The van der Waals surface area contributed by atoms with E-state index in [-0.39, 0.29) is 6.54 Å². The number of aliphatic hydroxyl groups is 3. The lowest BCUT2D eigenvalue weighted by Gasteiger charge is -2.19. The first-order valence-electron chi connectivity index (χ1n) is 2.35. The molecular formula is C4H11NO3. The van der Waals surface area contributed by atoms with Crippen LogP contribution in [0.5, 0.6) is 0 Å². The van der Waals surface area contributed by atoms with Gasteiger partial charge in [0.15, 0.2) is 0 Å². The van der Waals surface area contributed by atoms with Crippen molar-refractivity contribution in [3.63, 3.8) is 0 Å². The average Bonchev–Trinajstić information content (AvgIpc) is 1.62. The van der Waals surface area contributed by atoms with Crippen LogP contribution in [0.4, 0.5) is 0 Å². The van der Waals surface area contributed by atoms with Crippen LogP contribution in [0.15, 0.2) is 0 Å². The molecule has 0 rings (SSSR count). The molecule has 0 bridgehead atoms. The Bertz CT molecular complexity index is 68.2. The lowest BCUT2D eigenvalue weighted by molar-refractivity contribution is -0.337. The van der Waals surface area contributed by atoms with E-state index in [1.807, 2.05) is 0 Å². The summed E-state index contributed by atoms with van der Waals surface area (Å²) in [6, 6.07) is 0. The third-order valence-electron chi connectivity index (χ3n) is 1.01. The summed E-state index contributed by atoms with van der Waals surface area (Å²) < 4.78 is 0. The van der Waals surface area contributed by atoms with Gasteiger partial charge in [-0.3, -0.25) is 0 Å². The van der Waals surface area contributed by atoms with E-state index in [2.05, 4.69) is 0 Å². The van der Waals surface area contributed by atoms with Crippen LogP contribution in [-0.4, -0.2) is 27.8 Å². The Morgan fingerprint density at radius 1 is 1.50 bits per heavy atom. The van der Waals surface area contributed by atoms with Crippen molar-refractivity contribution < 1.29 is 15.3 Å². The molecule has 0 radical (unpaired) electrons. The van der Waals surface area contributed by atoms with Crippen LogP contribution < -0.4 is 5.73 Å². The summed E-state index contributed by atoms with van der Waals surface area (Å²) >= 11 is 0. The Balaban J connectivity index is 3.62. The van der Waals surface area contributed by atoms with Crippen LogP contribution in [0.25, 0.3) is 0 Å². The smallest absolute Gasteiger partial charge is 0.279 e. The Labute approximate surface area is 47.6 Å². The van der Waals surface area contributed by atoms with Crippen molar-refractivity contribution in [2.45, 2.75) is 12.9 Å². The summed E-state index contributed by atoms with van der Waals surface area (Å²) in [7, 11) is 0. The fraction of sp³-hybridized carbons (Fsp3) is 1.00. The first kappa shape index (κ1) is 7.84. The van der Waals surface area contributed by atoms with Crippen LogP contribution in [0.3, 0.4) is 0 Å². The lowest BCUT2D eigenvalue weighted by Crippen LogP contribution is -2.39. The molecule has 0 aromatic heterocycles. The molecule has 0 heterocycles. The SMILES string of the molecule is CC(CN)C(O)(O)O. The zero-order valence-corrected chi connectivity index (χ0v) is 4.70. The van der Waals surface area contributed by atoms with Gasteiger partial charge in [-0.05, 0) is 0 Å². The third kappa shape index (κ3) is 2.23. The normalized spacial score (nSPS) is 16.1. The second-order valence-electron chi connectivity index (χ2n) is 1.82. The maximum absolute atomic E-state index is 8.32. The van der Waals surface area contributed by atoms with Crippen LogP contribution in [-0.2, 0) is 0 Å².